The van der Waals surface area contributed by atoms with Crippen LogP contribution in [0.25, 0.3) is 0 Å². The highest BCUT2D eigenvalue weighted by Crippen LogP contribution is 2.25. The standard InChI is InChI=1S/C13H17N3O3/c1-9-4-5-12(19-3)11(6-9)15-13(18)7-10(2)16-14-8-17/h4-8,16H,1-3H3,(H,14,17)(H,15,18). The van der Waals surface area contributed by atoms with Gasteiger partial charge in [0.15, 0.2) is 0 Å². The summed E-state index contributed by atoms with van der Waals surface area (Å²) in [5.41, 5.74) is 6.90. The second kappa shape index (κ2) is 7.05. The maximum absolute atomic E-state index is 11.8. The molecule has 0 aliphatic carbocycles. The van der Waals surface area contributed by atoms with E-state index in [4.69, 9.17) is 4.74 Å². The molecule has 6 heteroatoms. The minimum atomic E-state index is -0.318. The van der Waals surface area contributed by atoms with Crippen molar-refractivity contribution in [3.05, 3.63) is 35.5 Å². The highest BCUT2D eigenvalue weighted by molar-refractivity contribution is 6.00. The van der Waals surface area contributed by atoms with Gasteiger partial charge in [0, 0.05) is 11.8 Å². The number of amides is 2. The molecule has 0 heterocycles. The number of aryl methyl sites for hydroxylation is 1. The molecule has 19 heavy (non-hydrogen) atoms. The Morgan fingerprint density at radius 3 is 2.74 bits per heavy atom. The SMILES string of the molecule is COc1ccc(C)cc1NC(=O)C=C(C)NNC=O. The normalized spacial score (nSPS) is 10.6. The van der Waals surface area contributed by atoms with Crippen molar-refractivity contribution in [2.45, 2.75) is 13.8 Å². The molecule has 0 aliphatic heterocycles. The molecule has 3 N–H and O–H groups in total. The van der Waals surface area contributed by atoms with Gasteiger partial charge in [0.05, 0.1) is 12.8 Å². The molecule has 0 radical (unpaired) electrons. The number of carbonyl (C=O) groups excluding carboxylic acids is 2. The van der Waals surface area contributed by atoms with Crippen LogP contribution in [0, 0.1) is 6.92 Å². The maximum atomic E-state index is 11.8. The Morgan fingerprint density at radius 2 is 2.11 bits per heavy atom. The lowest BCUT2D eigenvalue weighted by Crippen LogP contribution is -2.29. The summed E-state index contributed by atoms with van der Waals surface area (Å²) in [6.45, 7) is 3.58. The minimum Gasteiger partial charge on any atom is -0.495 e. The molecule has 0 saturated carbocycles. The van der Waals surface area contributed by atoms with Gasteiger partial charge in [0.1, 0.15) is 5.75 Å². The number of nitrogens with one attached hydrogen (secondary N) is 3. The van der Waals surface area contributed by atoms with Crippen molar-refractivity contribution in [2.75, 3.05) is 12.4 Å². The quantitative estimate of drug-likeness (QED) is 0.408. The summed E-state index contributed by atoms with van der Waals surface area (Å²) in [6, 6.07) is 5.50. The zero-order chi connectivity index (χ0) is 14.3. The van der Waals surface area contributed by atoms with E-state index < -0.39 is 0 Å². The molecule has 2 amide bonds. The molecule has 0 unspecified atom stereocenters. The van der Waals surface area contributed by atoms with E-state index in [1.807, 2.05) is 19.1 Å². The fourth-order valence-corrected chi connectivity index (χ4v) is 1.46. The molecular weight excluding hydrogens is 246 g/mol. The van der Waals surface area contributed by atoms with E-state index >= 15 is 0 Å². The Kier molecular flexibility index (Phi) is 5.40. The average Bonchev–Trinajstić information content (AvgIpc) is 2.36. The van der Waals surface area contributed by atoms with E-state index in [0.717, 1.165) is 5.56 Å². The van der Waals surface area contributed by atoms with Crippen LogP contribution < -0.4 is 20.9 Å². The Bertz CT molecular complexity index is 498. The summed E-state index contributed by atoms with van der Waals surface area (Å²) in [5, 5.41) is 2.71. The molecule has 6 nitrogen and oxygen atoms in total. The molecule has 0 aromatic heterocycles. The van der Waals surface area contributed by atoms with Crippen LogP contribution in [-0.2, 0) is 9.59 Å². The summed E-state index contributed by atoms with van der Waals surface area (Å²) < 4.78 is 5.16. The zero-order valence-electron chi connectivity index (χ0n) is 11.1. The molecule has 0 saturated heterocycles. The van der Waals surface area contributed by atoms with Crippen LogP contribution in [0.2, 0.25) is 0 Å². The first-order valence-electron chi connectivity index (χ1n) is 5.66. The number of hydrogen-bond acceptors (Lipinski definition) is 4. The van der Waals surface area contributed by atoms with Gasteiger partial charge in [-0.25, -0.2) is 0 Å². The van der Waals surface area contributed by atoms with Gasteiger partial charge in [-0.3, -0.25) is 15.0 Å². The largest absolute Gasteiger partial charge is 0.495 e. The van der Waals surface area contributed by atoms with Crippen LogP contribution in [0.3, 0.4) is 0 Å². The number of hydrogen-bond donors (Lipinski definition) is 3. The molecule has 0 fully saturated rings. The number of anilines is 1. The summed E-state index contributed by atoms with van der Waals surface area (Å²) in [6.07, 6.45) is 1.82. The first-order chi connectivity index (χ1) is 9.06. The van der Waals surface area contributed by atoms with Gasteiger partial charge in [0.2, 0.25) is 12.3 Å². The molecule has 1 aromatic rings. The fraction of sp³-hybridized carbons (Fsp3) is 0.231. The summed E-state index contributed by atoms with van der Waals surface area (Å²) in [4.78, 5) is 21.9. The van der Waals surface area contributed by atoms with Crippen molar-refractivity contribution in [3.63, 3.8) is 0 Å². The number of allylic oxidation sites excluding steroid dienone is 1. The Labute approximate surface area is 111 Å². The van der Waals surface area contributed by atoms with Crippen LogP contribution in [0.4, 0.5) is 5.69 Å². The monoisotopic (exact) mass is 263 g/mol. The Balaban J connectivity index is 2.76. The Hall–Kier alpha value is -2.50. The zero-order valence-corrected chi connectivity index (χ0v) is 11.1. The number of hydrazine groups is 1. The third-order valence-electron chi connectivity index (χ3n) is 2.29. The lowest BCUT2D eigenvalue weighted by atomic mass is 10.2. The van der Waals surface area contributed by atoms with E-state index in [-0.39, 0.29) is 5.91 Å². The van der Waals surface area contributed by atoms with Gasteiger partial charge in [-0.05, 0) is 31.5 Å². The summed E-state index contributed by atoms with van der Waals surface area (Å²) in [5.74, 6) is 0.269. The topological polar surface area (TPSA) is 79.5 Å². The molecule has 102 valence electrons. The van der Waals surface area contributed by atoms with Gasteiger partial charge in [-0.15, -0.1) is 0 Å². The first-order valence-corrected chi connectivity index (χ1v) is 5.66. The Morgan fingerprint density at radius 1 is 1.37 bits per heavy atom. The van der Waals surface area contributed by atoms with Crippen LogP contribution in [0.1, 0.15) is 12.5 Å². The van der Waals surface area contributed by atoms with Crippen LogP contribution in [0.5, 0.6) is 5.75 Å². The number of benzene rings is 1. The van der Waals surface area contributed by atoms with Gasteiger partial charge >= 0.3 is 0 Å². The van der Waals surface area contributed by atoms with E-state index in [0.29, 0.717) is 23.5 Å². The van der Waals surface area contributed by atoms with E-state index in [9.17, 15) is 9.59 Å². The van der Waals surface area contributed by atoms with Crippen molar-refractivity contribution in [3.8, 4) is 5.75 Å². The number of ether oxygens (including phenoxy) is 1. The van der Waals surface area contributed by atoms with Gasteiger partial charge < -0.3 is 15.5 Å². The van der Waals surface area contributed by atoms with Crippen molar-refractivity contribution < 1.29 is 14.3 Å². The molecule has 0 bridgehead atoms. The van der Waals surface area contributed by atoms with Gasteiger partial charge in [-0.1, -0.05) is 6.07 Å². The van der Waals surface area contributed by atoms with E-state index in [1.165, 1.54) is 13.2 Å². The van der Waals surface area contributed by atoms with Crippen molar-refractivity contribution >= 4 is 18.0 Å². The maximum Gasteiger partial charge on any atom is 0.250 e. The third kappa shape index (κ3) is 4.71. The number of rotatable bonds is 6. The molecule has 0 spiro atoms. The summed E-state index contributed by atoms with van der Waals surface area (Å²) >= 11 is 0. The van der Waals surface area contributed by atoms with Crippen LogP contribution in [0.15, 0.2) is 30.0 Å². The van der Waals surface area contributed by atoms with Crippen LogP contribution >= 0.6 is 0 Å². The molecular formula is C13H17N3O3. The predicted molar refractivity (Wildman–Crippen MR) is 72.5 cm³/mol. The number of methoxy groups -OCH3 is 1. The second-order valence-electron chi connectivity index (χ2n) is 3.91. The minimum absolute atomic E-state index is 0.318. The summed E-state index contributed by atoms with van der Waals surface area (Å²) in [7, 11) is 1.54. The van der Waals surface area contributed by atoms with Gasteiger partial charge in [-0.2, -0.15) is 0 Å². The lowest BCUT2D eigenvalue weighted by molar-refractivity contribution is -0.112. The third-order valence-corrected chi connectivity index (χ3v) is 2.29. The fourth-order valence-electron chi connectivity index (χ4n) is 1.46. The second-order valence-corrected chi connectivity index (χ2v) is 3.91. The van der Waals surface area contributed by atoms with Crippen LogP contribution in [-0.4, -0.2) is 19.4 Å². The molecule has 0 atom stereocenters. The molecule has 1 rings (SSSR count). The van der Waals surface area contributed by atoms with E-state index in [2.05, 4.69) is 16.2 Å². The van der Waals surface area contributed by atoms with Crippen molar-refractivity contribution in [1.82, 2.24) is 10.9 Å². The first kappa shape index (κ1) is 14.6. The smallest absolute Gasteiger partial charge is 0.250 e. The highest BCUT2D eigenvalue weighted by atomic mass is 16.5. The predicted octanol–water partition coefficient (Wildman–Crippen LogP) is 1.10. The average molecular weight is 263 g/mol. The molecule has 1 aromatic carbocycles. The van der Waals surface area contributed by atoms with Crippen molar-refractivity contribution in [1.29, 1.82) is 0 Å². The number of carbonyl (C=O) groups is 2. The van der Waals surface area contributed by atoms with Gasteiger partial charge in [0.25, 0.3) is 0 Å². The molecule has 0 aliphatic rings. The lowest BCUT2D eigenvalue weighted by Gasteiger charge is -2.10. The van der Waals surface area contributed by atoms with E-state index in [1.54, 1.807) is 13.0 Å². The van der Waals surface area contributed by atoms with Crippen molar-refractivity contribution in [2.24, 2.45) is 0 Å². The highest BCUT2D eigenvalue weighted by Gasteiger charge is 2.06.